The third kappa shape index (κ3) is 4.74. The lowest BCUT2D eigenvalue weighted by atomic mass is 9.94. The molecular formula is C13H22N2O2S. The van der Waals surface area contributed by atoms with Crippen LogP contribution in [0, 0.1) is 0 Å². The van der Waals surface area contributed by atoms with Gasteiger partial charge in [0.2, 0.25) is 5.91 Å². The molecule has 1 amide bonds. The number of likely N-dealkylation sites (N-methyl/N-ethyl adjacent to an activating group) is 1. The van der Waals surface area contributed by atoms with E-state index in [4.69, 9.17) is 10.2 Å². The zero-order valence-electron chi connectivity index (χ0n) is 11.1. The predicted molar refractivity (Wildman–Crippen MR) is 75.4 cm³/mol. The lowest BCUT2D eigenvalue weighted by molar-refractivity contribution is -0.123. The normalized spacial score (nSPS) is 14.3. The van der Waals surface area contributed by atoms with Crippen LogP contribution in [-0.2, 0) is 10.5 Å². The van der Waals surface area contributed by atoms with Crippen LogP contribution in [0.25, 0.3) is 0 Å². The highest BCUT2D eigenvalue weighted by molar-refractivity contribution is 7.98. The summed E-state index contributed by atoms with van der Waals surface area (Å²) in [5.74, 6) is 2.70. The lowest BCUT2D eigenvalue weighted by Gasteiger charge is -2.25. The Balaban J connectivity index is 2.09. The van der Waals surface area contributed by atoms with E-state index in [9.17, 15) is 4.79 Å². The number of hydrogen-bond acceptors (Lipinski definition) is 4. The van der Waals surface area contributed by atoms with E-state index in [2.05, 4.69) is 5.32 Å². The molecule has 1 atom stereocenters. The van der Waals surface area contributed by atoms with Crippen molar-refractivity contribution in [2.75, 3.05) is 12.8 Å². The Morgan fingerprint density at radius 2 is 2.33 bits per heavy atom. The van der Waals surface area contributed by atoms with Gasteiger partial charge in [0.05, 0.1) is 17.6 Å². The molecule has 4 nitrogen and oxygen atoms in total. The molecule has 1 aromatic heterocycles. The minimum Gasteiger partial charge on any atom is -0.468 e. The monoisotopic (exact) mass is 270 g/mol. The van der Waals surface area contributed by atoms with Crippen molar-refractivity contribution in [1.82, 2.24) is 5.32 Å². The van der Waals surface area contributed by atoms with Gasteiger partial charge in [-0.05, 0) is 44.7 Å². The van der Waals surface area contributed by atoms with Crippen molar-refractivity contribution >= 4 is 17.7 Å². The first-order valence-electron chi connectivity index (χ1n) is 6.17. The van der Waals surface area contributed by atoms with Gasteiger partial charge in [-0.15, -0.1) is 0 Å². The summed E-state index contributed by atoms with van der Waals surface area (Å²) < 4.78 is 5.25. The van der Waals surface area contributed by atoms with E-state index in [0.717, 1.165) is 36.5 Å². The van der Waals surface area contributed by atoms with Crippen LogP contribution in [0.1, 0.15) is 31.9 Å². The summed E-state index contributed by atoms with van der Waals surface area (Å²) in [7, 11) is 1.77. The minimum absolute atomic E-state index is 0.284. The highest BCUT2D eigenvalue weighted by atomic mass is 32.2. The number of primary amides is 1. The van der Waals surface area contributed by atoms with Crippen molar-refractivity contribution in [2.45, 2.75) is 37.5 Å². The molecule has 1 aromatic rings. The average Bonchev–Trinajstić information content (AvgIpc) is 2.86. The van der Waals surface area contributed by atoms with Crippen LogP contribution in [0.4, 0.5) is 0 Å². The topological polar surface area (TPSA) is 68.3 Å². The first kappa shape index (κ1) is 15.1. The Hall–Kier alpha value is -0.940. The van der Waals surface area contributed by atoms with Crippen molar-refractivity contribution in [3.63, 3.8) is 0 Å². The summed E-state index contributed by atoms with van der Waals surface area (Å²) in [5, 5.41) is 2.99. The number of carbonyl (C=O) groups is 1. The maximum Gasteiger partial charge on any atom is 0.237 e. The molecule has 0 saturated heterocycles. The fraction of sp³-hybridized carbons (Fsp3) is 0.615. The van der Waals surface area contributed by atoms with E-state index >= 15 is 0 Å². The lowest BCUT2D eigenvalue weighted by Crippen LogP contribution is -2.51. The fourth-order valence-corrected chi connectivity index (χ4v) is 2.54. The molecule has 0 aliphatic heterocycles. The van der Waals surface area contributed by atoms with Gasteiger partial charge in [-0.3, -0.25) is 4.79 Å². The van der Waals surface area contributed by atoms with Gasteiger partial charge in [0, 0.05) is 0 Å². The van der Waals surface area contributed by atoms with Crippen LogP contribution in [-0.4, -0.2) is 24.2 Å². The molecule has 0 aliphatic rings. The van der Waals surface area contributed by atoms with Crippen LogP contribution in [0.2, 0.25) is 0 Å². The average molecular weight is 270 g/mol. The largest absolute Gasteiger partial charge is 0.468 e. The molecule has 18 heavy (non-hydrogen) atoms. The van der Waals surface area contributed by atoms with Gasteiger partial charge in [-0.2, -0.15) is 11.8 Å². The second kappa shape index (κ2) is 7.48. The van der Waals surface area contributed by atoms with Crippen LogP contribution < -0.4 is 11.1 Å². The predicted octanol–water partition coefficient (Wildman–Crippen LogP) is 2.15. The smallest absolute Gasteiger partial charge is 0.237 e. The summed E-state index contributed by atoms with van der Waals surface area (Å²) in [5.41, 5.74) is 4.79. The van der Waals surface area contributed by atoms with Crippen molar-refractivity contribution in [2.24, 2.45) is 5.73 Å². The maximum atomic E-state index is 11.3. The molecule has 3 N–H and O–H groups in total. The summed E-state index contributed by atoms with van der Waals surface area (Å²) in [4.78, 5) is 11.3. The molecule has 102 valence electrons. The molecule has 0 saturated carbocycles. The second-order valence-electron chi connectivity index (χ2n) is 4.54. The van der Waals surface area contributed by atoms with E-state index in [1.165, 1.54) is 0 Å². The van der Waals surface area contributed by atoms with Crippen LogP contribution in [0.3, 0.4) is 0 Å². The van der Waals surface area contributed by atoms with Gasteiger partial charge < -0.3 is 15.5 Å². The first-order valence-corrected chi connectivity index (χ1v) is 7.33. The molecule has 1 unspecified atom stereocenters. The van der Waals surface area contributed by atoms with Crippen LogP contribution in [0.5, 0.6) is 0 Å². The Kier molecular flexibility index (Phi) is 6.29. The van der Waals surface area contributed by atoms with E-state index in [-0.39, 0.29) is 5.91 Å². The fourth-order valence-electron chi connectivity index (χ4n) is 1.62. The molecule has 0 bridgehead atoms. The summed E-state index contributed by atoms with van der Waals surface area (Å²) in [6.45, 7) is 1.85. The number of rotatable bonds is 9. The number of nitrogens with one attached hydrogen (secondary N) is 1. The van der Waals surface area contributed by atoms with Crippen molar-refractivity contribution in [3.8, 4) is 0 Å². The SMILES string of the molecule is CNC(C)(CCCCSCc1ccco1)C(N)=O. The summed E-state index contributed by atoms with van der Waals surface area (Å²) in [6, 6.07) is 3.89. The standard InChI is InChI=1S/C13H22N2O2S/c1-13(15-2,12(14)16)7-3-4-9-18-10-11-6-5-8-17-11/h5-6,8,15H,3-4,7,9-10H2,1-2H3,(H2,14,16). The second-order valence-corrected chi connectivity index (χ2v) is 5.64. The van der Waals surface area contributed by atoms with Crippen molar-refractivity contribution < 1.29 is 9.21 Å². The van der Waals surface area contributed by atoms with Crippen LogP contribution in [0.15, 0.2) is 22.8 Å². The highest BCUT2D eigenvalue weighted by Crippen LogP contribution is 2.17. The number of thioether (sulfide) groups is 1. The highest BCUT2D eigenvalue weighted by Gasteiger charge is 2.27. The van der Waals surface area contributed by atoms with Gasteiger partial charge in [0.15, 0.2) is 0 Å². The molecule has 1 rings (SSSR count). The van der Waals surface area contributed by atoms with E-state index in [1.54, 1.807) is 13.3 Å². The number of nitrogens with two attached hydrogens (primary N) is 1. The molecule has 0 fully saturated rings. The number of amides is 1. The molecule has 0 radical (unpaired) electrons. The Bertz CT molecular complexity index is 354. The Morgan fingerprint density at radius 1 is 1.56 bits per heavy atom. The van der Waals surface area contributed by atoms with Gasteiger partial charge in [-0.1, -0.05) is 6.42 Å². The zero-order valence-corrected chi connectivity index (χ0v) is 11.9. The number of unbranched alkanes of at least 4 members (excludes halogenated alkanes) is 1. The van der Waals surface area contributed by atoms with Gasteiger partial charge in [0.25, 0.3) is 0 Å². The van der Waals surface area contributed by atoms with E-state index in [1.807, 2.05) is 30.8 Å². The Labute approximate surface area is 113 Å². The van der Waals surface area contributed by atoms with Crippen molar-refractivity contribution in [3.05, 3.63) is 24.2 Å². The molecular weight excluding hydrogens is 248 g/mol. The van der Waals surface area contributed by atoms with Crippen molar-refractivity contribution in [1.29, 1.82) is 0 Å². The van der Waals surface area contributed by atoms with Gasteiger partial charge in [0.1, 0.15) is 5.76 Å². The minimum atomic E-state index is -0.578. The quantitative estimate of drug-likeness (QED) is 0.675. The number of carbonyl (C=O) groups excluding carboxylic acids is 1. The molecule has 0 aromatic carbocycles. The van der Waals surface area contributed by atoms with E-state index in [0.29, 0.717) is 0 Å². The van der Waals surface area contributed by atoms with Gasteiger partial charge in [-0.25, -0.2) is 0 Å². The third-order valence-corrected chi connectivity index (χ3v) is 4.20. The molecule has 0 spiro atoms. The third-order valence-electron chi connectivity index (χ3n) is 3.14. The number of furan rings is 1. The molecule has 0 aliphatic carbocycles. The first-order chi connectivity index (χ1) is 8.58. The maximum absolute atomic E-state index is 11.3. The summed E-state index contributed by atoms with van der Waals surface area (Å²) >= 11 is 1.85. The van der Waals surface area contributed by atoms with Gasteiger partial charge >= 0.3 is 0 Å². The number of hydrogen-bond donors (Lipinski definition) is 2. The summed E-state index contributed by atoms with van der Waals surface area (Å²) in [6.07, 6.45) is 4.54. The Morgan fingerprint density at radius 3 is 2.89 bits per heavy atom. The van der Waals surface area contributed by atoms with E-state index < -0.39 is 5.54 Å². The zero-order chi connectivity index (χ0) is 13.4. The molecule has 1 heterocycles. The van der Waals surface area contributed by atoms with Crippen LogP contribution >= 0.6 is 11.8 Å². The molecule has 5 heteroatoms.